The summed E-state index contributed by atoms with van der Waals surface area (Å²) < 4.78 is 41.7. The molecule has 1 saturated heterocycles. The number of amides is 1. The van der Waals surface area contributed by atoms with Gasteiger partial charge in [0.25, 0.3) is 10.0 Å². The summed E-state index contributed by atoms with van der Waals surface area (Å²) in [6.45, 7) is 2.23. The number of nitrogens with zero attached hydrogens (tertiary/aromatic N) is 3. The van der Waals surface area contributed by atoms with Crippen LogP contribution in [0.3, 0.4) is 0 Å². The molecule has 212 valence electrons. The summed E-state index contributed by atoms with van der Waals surface area (Å²) in [7, 11) is -2.66. The lowest BCUT2D eigenvalue weighted by Gasteiger charge is -2.22. The molecule has 4 aromatic rings. The minimum atomic E-state index is -4.15. The van der Waals surface area contributed by atoms with Crippen LogP contribution >= 0.6 is 11.6 Å². The Kier molecular flexibility index (Phi) is 8.41. The van der Waals surface area contributed by atoms with Crippen molar-refractivity contribution in [1.82, 2.24) is 20.4 Å². The number of nitrogens with one attached hydrogen (secondary N) is 3. The molecule has 1 amide bonds. The molecule has 0 spiro atoms. The van der Waals surface area contributed by atoms with E-state index < -0.39 is 10.0 Å². The third-order valence-electron chi connectivity index (χ3n) is 6.57. The lowest BCUT2D eigenvalue weighted by Crippen LogP contribution is -2.51. The summed E-state index contributed by atoms with van der Waals surface area (Å²) in [4.78, 5) is 12.3. The average molecular weight is 595 g/mol. The fourth-order valence-corrected chi connectivity index (χ4v) is 6.14. The normalized spacial score (nSPS) is 15.3. The van der Waals surface area contributed by atoms with Gasteiger partial charge in [0.2, 0.25) is 5.91 Å². The van der Waals surface area contributed by atoms with Crippen LogP contribution in [0.1, 0.15) is 16.7 Å². The van der Waals surface area contributed by atoms with Crippen LogP contribution < -0.4 is 20.1 Å². The van der Waals surface area contributed by atoms with Gasteiger partial charge in [-0.05, 0) is 41.5 Å². The third kappa shape index (κ3) is 6.28. The maximum Gasteiger partial charge on any atom is 0.264 e. The molecule has 0 aliphatic carbocycles. The van der Waals surface area contributed by atoms with Gasteiger partial charge >= 0.3 is 0 Å². The van der Waals surface area contributed by atoms with Gasteiger partial charge in [0.15, 0.2) is 5.82 Å². The molecule has 5 rings (SSSR count). The zero-order valence-corrected chi connectivity index (χ0v) is 23.6. The number of halogens is 1. The summed E-state index contributed by atoms with van der Waals surface area (Å²) in [5.74, 6) is 0.386. The molecule has 41 heavy (non-hydrogen) atoms. The van der Waals surface area contributed by atoms with E-state index in [-0.39, 0.29) is 33.2 Å². The number of rotatable bonds is 9. The first kappa shape index (κ1) is 28.4. The van der Waals surface area contributed by atoms with Gasteiger partial charge in [-0.3, -0.25) is 14.2 Å². The number of ether oxygens (including phenoxy) is 2. The molecule has 3 aromatic carbocycles. The van der Waals surface area contributed by atoms with Crippen molar-refractivity contribution in [2.45, 2.75) is 24.0 Å². The fourth-order valence-electron chi connectivity index (χ4n) is 4.59. The second-order valence-corrected chi connectivity index (χ2v) is 11.4. The van der Waals surface area contributed by atoms with E-state index in [0.717, 1.165) is 11.1 Å². The first-order valence-electron chi connectivity index (χ1n) is 12.7. The summed E-state index contributed by atoms with van der Waals surface area (Å²) in [5, 5.41) is 20.2. The van der Waals surface area contributed by atoms with Crippen LogP contribution in [0.2, 0.25) is 5.02 Å². The van der Waals surface area contributed by atoms with E-state index >= 15 is 0 Å². The number of fused-ring (bicyclic) bond motifs is 1. The summed E-state index contributed by atoms with van der Waals surface area (Å²) in [6.07, 6.45) is 0. The molecule has 1 aliphatic rings. The minimum Gasteiger partial charge on any atom is -0.496 e. The molecule has 3 N–H and O–H groups in total. The topological polar surface area (TPSA) is 147 Å². The number of nitriles is 1. The molecule has 1 aliphatic heterocycles. The Morgan fingerprint density at radius 3 is 2.76 bits per heavy atom. The summed E-state index contributed by atoms with van der Waals surface area (Å²) >= 11 is 6.20. The predicted molar refractivity (Wildman–Crippen MR) is 153 cm³/mol. The van der Waals surface area contributed by atoms with Crippen LogP contribution in [-0.4, -0.2) is 57.0 Å². The quantitative estimate of drug-likeness (QED) is 0.268. The second kappa shape index (κ2) is 12.2. The second-order valence-electron chi connectivity index (χ2n) is 9.34. The lowest BCUT2D eigenvalue weighted by atomic mass is 10.1. The molecule has 1 atom stereocenters. The Morgan fingerprint density at radius 1 is 1.22 bits per heavy atom. The Balaban J connectivity index is 1.41. The van der Waals surface area contributed by atoms with Crippen molar-refractivity contribution in [2.75, 3.05) is 31.6 Å². The van der Waals surface area contributed by atoms with Crippen molar-refractivity contribution in [3.05, 3.63) is 82.4 Å². The number of carbonyl (C=O) groups excluding carboxylic acids is 1. The zero-order chi connectivity index (χ0) is 29.0. The summed E-state index contributed by atoms with van der Waals surface area (Å²) in [5.41, 5.74) is 2.69. The standard InChI is InChI=1S/C28H27ClN6O5S/c1-39-24-7-3-6-23-26(24)27(34-41(37,38)25-9-8-18(14-30)13-21(25)29)33-35(23)16-20-5-2-4-19(12-20)15-32-28(36)22-17-40-11-10-31-22/h2-9,12-13,22,31H,10-11,15-17H2,1H3,(H,32,36)(H,33,34)/t22-/m1/s1. The monoisotopic (exact) mass is 594 g/mol. The number of benzene rings is 3. The first-order valence-corrected chi connectivity index (χ1v) is 14.6. The molecule has 0 saturated carbocycles. The molecule has 0 unspecified atom stereocenters. The smallest absolute Gasteiger partial charge is 0.264 e. The number of anilines is 1. The molecule has 0 radical (unpaired) electrons. The minimum absolute atomic E-state index is 0.0727. The fraction of sp³-hybridized carbons (Fsp3) is 0.250. The molecule has 0 bridgehead atoms. The number of sulfonamides is 1. The van der Waals surface area contributed by atoms with E-state index in [1.165, 1.54) is 25.3 Å². The number of hydrogen-bond acceptors (Lipinski definition) is 8. The van der Waals surface area contributed by atoms with E-state index in [9.17, 15) is 13.2 Å². The van der Waals surface area contributed by atoms with Crippen LogP contribution in [0, 0.1) is 11.3 Å². The Bertz CT molecular complexity index is 1740. The van der Waals surface area contributed by atoms with Crippen LogP contribution in [0.4, 0.5) is 5.82 Å². The van der Waals surface area contributed by atoms with Gasteiger partial charge in [-0.25, -0.2) is 8.42 Å². The van der Waals surface area contributed by atoms with Crippen LogP contribution in [0.5, 0.6) is 5.75 Å². The Morgan fingerprint density at radius 2 is 2.02 bits per heavy atom. The number of carbonyl (C=O) groups is 1. The number of aromatic nitrogens is 2. The van der Waals surface area contributed by atoms with E-state index in [0.29, 0.717) is 49.5 Å². The van der Waals surface area contributed by atoms with Crippen LogP contribution in [0.15, 0.2) is 65.6 Å². The highest BCUT2D eigenvalue weighted by Gasteiger charge is 2.24. The molecular formula is C28H27ClN6O5S. The predicted octanol–water partition coefficient (Wildman–Crippen LogP) is 3.02. The average Bonchev–Trinajstić information content (AvgIpc) is 3.32. The van der Waals surface area contributed by atoms with Crippen molar-refractivity contribution in [1.29, 1.82) is 5.26 Å². The van der Waals surface area contributed by atoms with Crippen molar-refractivity contribution in [3.63, 3.8) is 0 Å². The largest absolute Gasteiger partial charge is 0.496 e. The van der Waals surface area contributed by atoms with Crippen LogP contribution in [0.25, 0.3) is 10.9 Å². The highest BCUT2D eigenvalue weighted by Crippen LogP contribution is 2.34. The van der Waals surface area contributed by atoms with E-state index in [2.05, 4.69) is 20.5 Å². The van der Waals surface area contributed by atoms with E-state index in [1.807, 2.05) is 36.4 Å². The highest BCUT2D eigenvalue weighted by atomic mass is 35.5. The molecule has 11 nitrogen and oxygen atoms in total. The molecule has 2 heterocycles. The van der Waals surface area contributed by atoms with Crippen LogP contribution in [-0.2, 0) is 32.6 Å². The van der Waals surface area contributed by atoms with Gasteiger partial charge in [0.1, 0.15) is 16.7 Å². The van der Waals surface area contributed by atoms with Crippen molar-refractivity contribution in [3.8, 4) is 11.8 Å². The zero-order valence-electron chi connectivity index (χ0n) is 22.1. The van der Waals surface area contributed by atoms with Crippen molar-refractivity contribution in [2.24, 2.45) is 0 Å². The first-order chi connectivity index (χ1) is 19.8. The maximum absolute atomic E-state index is 13.3. The Hall–Kier alpha value is -4.15. The number of hydrogen-bond donors (Lipinski definition) is 3. The van der Waals surface area contributed by atoms with Gasteiger partial charge in [-0.2, -0.15) is 10.4 Å². The lowest BCUT2D eigenvalue weighted by molar-refractivity contribution is -0.126. The highest BCUT2D eigenvalue weighted by molar-refractivity contribution is 7.92. The SMILES string of the molecule is COc1cccc2c1c(NS(=O)(=O)c1ccc(C#N)cc1Cl)nn2Cc1cccc(CNC(=O)[C@H]2COCCN2)c1. The Labute approximate surface area is 242 Å². The van der Waals surface area contributed by atoms with Gasteiger partial charge in [-0.15, -0.1) is 0 Å². The summed E-state index contributed by atoms with van der Waals surface area (Å²) in [6, 6.07) is 18.5. The third-order valence-corrected chi connectivity index (χ3v) is 8.39. The maximum atomic E-state index is 13.3. The molecule has 13 heteroatoms. The molecule has 1 aromatic heterocycles. The number of methoxy groups -OCH3 is 1. The van der Waals surface area contributed by atoms with Gasteiger partial charge in [0.05, 0.1) is 54.4 Å². The van der Waals surface area contributed by atoms with Gasteiger partial charge < -0.3 is 20.1 Å². The van der Waals surface area contributed by atoms with Gasteiger partial charge in [-0.1, -0.05) is 41.9 Å². The molecular weight excluding hydrogens is 568 g/mol. The van der Waals surface area contributed by atoms with E-state index in [1.54, 1.807) is 16.8 Å². The van der Waals surface area contributed by atoms with Crippen molar-refractivity contribution < 1.29 is 22.7 Å². The van der Waals surface area contributed by atoms with E-state index in [4.69, 9.17) is 26.3 Å². The van der Waals surface area contributed by atoms with Crippen molar-refractivity contribution >= 4 is 44.3 Å². The van der Waals surface area contributed by atoms with Gasteiger partial charge in [0, 0.05) is 13.1 Å². The number of morpholine rings is 1. The molecule has 1 fully saturated rings.